The van der Waals surface area contributed by atoms with E-state index in [9.17, 15) is 4.79 Å². The highest BCUT2D eigenvalue weighted by atomic mass is 16.5. The lowest BCUT2D eigenvalue weighted by Crippen LogP contribution is -2.25. The fourth-order valence-electron chi connectivity index (χ4n) is 2.72. The summed E-state index contributed by atoms with van der Waals surface area (Å²) >= 11 is 0. The Hall–Kier alpha value is -2.88. The summed E-state index contributed by atoms with van der Waals surface area (Å²) in [6.07, 6.45) is 9.30. The van der Waals surface area contributed by atoms with E-state index in [4.69, 9.17) is 4.74 Å². The smallest absolute Gasteiger partial charge is 0.277 e. The second-order valence-electron chi connectivity index (χ2n) is 6.04. The molecule has 0 fully saturated rings. The molecule has 3 rings (SSSR count). The highest BCUT2D eigenvalue weighted by Gasteiger charge is 2.07. The molecule has 4 nitrogen and oxygen atoms in total. The number of nitrogens with zero attached hydrogens (tertiary/aromatic N) is 1. The molecule has 1 amide bonds. The lowest BCUT2D eigenvalue weighted by atomic mass is 9.96. The van der Waals surface area contributed by atoms with Gasteiger partial charge in [-0.15, -0.1) is 0 Å². The molecule has 1 aliphatic rings. The average Bonchev–Trinajstić information content (AvgIpc) is 2.68. The third kappa shape index (κ3) is 5.31. The fraction of sp³-hybridized carbons (Fsp3) is 0.238. The quantitative estimate of drug-likeness (QED) is 0.489. The highest BCUT2D eigenvalue weighted by Crippen LogP contribution is 2.22. The van der Waals surface area contributed by atoms with Crippen LogP contribution in [-0.2, 0) is 4.79 Å². The maximum absolute atomic E-state index is 11.8. The number of benzene rings is 2. The van der Waals surface area contributed by atoms with Gasteiger partial charge in [-0.3, -0.25) is 4.79 Å². The molecule has 0 saturated heterocycles. The Morgan fingerprint density at radius 2 is 1.84 bits per heavy atom. The third-order valence-electron chi connectivity index (χ3n) is 4.12. The number of hydrogen-bond donors (Lipinski definition) is 1. The standard InChI is InChI=1S/C21H22N2O2/c24-21(23-22-15-17-7-3-1-4-8-17)16-25-20-13-11-19(12-14-20)18-9-5-2-6-10-18/h1-3,5-6,9-15,17H,4,7-8,16H2,(H,23,24)/b22-15-/t17-/m1/s1. The van der Waals surface area contributed by atoms with Gasteiger partial charge >= 0.3 is 0 Å². The van der Waals surface area contributed by atoms with Crippen molar-refractivity contribution in [2.45, 2.75) is 19.3 Å². The van der Waals surface area contributed by atoms with Crippen molar-refractivity contribution in [3.63, 3.8) is 0 Å². The molecule has 0 bridgehead atoms. The summed E-state index contributed by atoms with van der Waals surface area (Å²) in [5, 5.41) is 4.02. The third-order valence-corrected chi connectivity index (χ3v) is 4.12. The summed E-state index contributed by atoms with van der Waals surface area (Å²) in [6.45, 7) is -0.0490. The van der Waals surface area contributed by atoms with Crippen LogP contribution in [0.2, 0.25) is 0 Å². The van der Waals surface area contributed by atoms with Gasteiger partial charge in [0, 0.05) is 6.21 Å². The Bertz CT molecular complexity index is 736. The van der Waals surface area contributed by atoms with Crippen LogP contribution < -0.4 is 10.2 Å². The molecule has 1 atom stereocenters. The zero-order chi connectivity index (χ0) is 17.3. The Morgan fingerprint density at radius 3 is 2.56 bits per heavy atom. The van der Waals surface area contributed by atoms with Gasteiger partial charge in [0.25, 0.3) is 5.91 Å². The van der Waals surface area contributed by atoms with Gasteiger partial charge in [-0.25, -0.2) is 5.43 Å². The van der Waals surface area contributed by atoms with E-state index in [1.807, 2.05) is 48.7 Å². The average molecular weight is 334 g/mol. The first-order valence-corrected chi connectivity index (χ1v) is 8.56. The van der Waals surface area contributed by atoms with Crippen molar-refractivity contribution in [2.75, 3.05) is 6.61 Å². The number of carbonyl (C=O) groups is 1. The summed E-state index contributed by atoms with van der Waals surface area (Å²) in [5.74, 6) is 0.822. The van der Waals surface area contributed by atoms with E-state index < -0.39 is 0 Å². The van der Waals surface area contributed by atoms with Crippen molar-refractivity contribution in [2.24, 2.45) is 11.0 Å². The Morgan fingerprint density at radius 1 is 1.08 bits per heavy atom. The van der Waals surface area contributed by atoms with Crippen LogP contribution in [0.5, 0.6) is 5.75 Å². The molecule has 4 heteroatoms. The molecule has 0 saturated carbocycles. The van der Waals surface area contributed by atoms with Crippen molar-refractivity contribution in [1.82, 2.24) is 5.43 Å². The zero-order valence-corrected chi connectivity index (χ0v) is 14.1. The molecule has 0 heterocycles. The second-order valence-corrected chi connectivity index (χ2v) is 6.04. The lowest BCUT2D eigenvalue weighted by molar-refractivity contribution is -0.123. The van der Waals surface area contributed by atoms with E-state index in [-0.39, 0.29) is 12.5 Å². The van der Waals surface area contributed by atoms with E-state index in [1.54, 1.807) is 0 Å². The number of hydrogen-bond acceptors (Lipinski definition) is 3. The maximum atomic E-state index is 11.8. The normalized spacial score (nSPS) is 16.7. The second kappa shape index (κ2) is 8.83. The predicted molar refractivity (Wildman–Crippen MR) is 100 cm³/mol. The molecule has 0 aromatic heterocycles. The van der Waals surface area contributed by atoms with Crippen molar-refractivity contribution in [1.29, 1.82) is 0 Å². The number of hydrazone groups is 1. The van der Waals surface area contributed by atoms with Crippen LogP contribution in [0.25, 0.3) is 11.1 Å². The largest absolute Gasteiger partial charge is 0.484 e. The van der Waals surface area contributed by atoms with Gasteiger partial charge < -0.3 is 4.74 Å². The Labute approximate surface area is 148 Å². The van der Waals surface area contributed by atoms with Crippen LogP contribution in [0.15, 0.2) is 71.9 Å². The predicted octanol–water partition coefficient (Wildman–Crippen LogP) is 4.19. The SMILES string of the molecule is O=C(COc1ccc(-c2ccccc2)cc1)N/N=C\[C@@H]1CC=CCC1. The Kier molecular flexibility index (Phi) is 5.99. The number of amides is 1. The number of rotatable bonds is 6. The van der Waals surface area contributed by atoms with Crippen molar-refractivity contribution in [3.05, 3.63) is 66.7 Å². The number of ether oxygens (including phenoxy) is 1. The Balaban J connectivity index is 1.44. The minimum atomic E-state index is -0.255. The van der Waals surface area contributed by atoms with Gasteiger partial charge in [-0.1, -0.05) is 54.6 Å². The van der Waals surface area contributed by atoms with Gasteiger partial charge in [0.15, 0.2) is 6.61 Å². The molecule has 2 aromatic rings. The van der Waals surface area contributed by atoms with Crippen LogP contribution in [-0.4, -0.2) is 18.7 Å². The molecule has 1 aliphatic carbocycles. The lowest BCUT2D eigenvalue weighted by Gasteiger charge is -2.11. The van der Waals surface area contributed by atoms with E-state index >= 15 is 0 Å². The number of allylic oxidation sites excluding steroid dienone is 2. The molecule has 1 N–H and O–H groups in total. The van der Waals surface area contributed by atoms with Crippen LogP contribution in [0, 0.1) is 5.92 Å². The number of carbonyl (C=O) groups excluding carboxylic acids is 1. The first-order valence-electron chi connectivity index (χ1n) is 8.56. The van der Waals surface area contributed by atoms with E-state index in [0.717, 1.165) is 30.4 Å². The molecule has 0 spiro atoms. The fourth-order valence-corrected chi connectivity index (χ4v) is 2.72. The highest BCUT2D eigenvalue weighted by molar-refractivity contribution is 5.78. The van der Waals surface area contributed by atoms with E-state index in [1.165, 1.54) is 0 Å². The molecule has 2 aromatic carbocycles. The van der Waals surface area contributed by atoms with Crippen molar-refractivity contribution in [3.8, 4) is 16.9 Å². The van der Waals surface area contributed by atoms with Crippen LogP contribution in [0.4, 0.5) is 0 Å². The zero-order valence-electron chi connectivity index (χ0n) is 14.1. The van der Waals surface area contributed by atoms with Gasteiger partial charge in [-0.2, -0.15) is 5.10 Å². The van der Waals surface area contributed by atoms with E-state index in [2.05, 4.69) is 34.8 Å². The first-order chi connectivity index (χ1) is 12.3. The molecule has 0 unspecified atom stereocenters. The molecule has 128 valence electrons. The topological polar surface area (TPSA) is 50.7 Å². The molecular formula is C21H22N2O2. The first kappa shape index (κ1) is 17.0. The van der Waals surface area contributed by atoms with Gasteiger partial charge in [-0.05, 0) is 48.4 Å². The summed E-state index contributed by atoms with van der Waals surface area (Å²) in [5.41, 5.74) is 4.78. The monoisotopic (exact) mass is 334 g/mol. The van der Waals surface area contributed by atoms with Crippen LogP contribution in [0.3, 0.4) is 0 Å². The van der Waals surface area contributed by atoms with Gasteiger partial charge in [0.05, 0.1) is 0 Å². The van der Waals surface area contributed by atoms with Gasteiger partial charge in [0.2, 0.25) is 0 Å². The minimum Gasteiger partial charge on any atom is -0.484 e. The van der Waals surface area contributed by atoms with E-state index in [0.29, 0.717) is 11.7 Å². The van der Waals surface area contributed by atoms with Crippen molar-refractivity contribution >= 4 is 12.1 Å². The van der Waals surface area contributed by atoms with Crippen LogP contribution in [0.1, 0.15) is 19.3 Å². The summed E-state index contributed by atoms with van der Waals surface area (Å²) in [6, 6.07) is 17.8. The summed E-state index contributed by atoms with van der Waals surface area (Å²) < 4.78 is 5.50. The minimum absolute atomic E-state index is 0.0490. The summed E-state index contributed by atoms with van der Waals surface area (Å²) in [4.78, 5) is 11.8. The molecular weight excluding hydrogens is 312 g/mol. The molecule has 0 aliphatic heterocycles. The molecule has 0 radical (unpaired) electrons. The van der Waals surface area contributed by atoms with Crippen molar-refractivity contribution < 1.29 is 9.53 Å². The number of nitrogens with one attached hydrogen (secondary N) is 1. The summed E-state index contributed by atoms with van der Waals surface area (Å²) in [7, 11) is 0. The van der Waals surface area contributed by atoms with Gasteiger partial charge in [0.1, 0.15) is 5.75 Å². The molecule has 25 heavy (non-hydrogen) atoms. The maximum Gasteiger partial charge on any atom is 0.277 e. The van der Waals surface area contributed by atoms with Crippen LogP contribution >= 0.6 is 0 Å².